The lowest BCUT2D eigenvalue weighted by atomic mass is 9.90. The van der Waals surface area contributed by atoms with Crippen molar-refractivity contribution >= 4 is 47.1 Å². The Bertz CT molecular complexity index is 1210. The van der Waals surface area contributed by atoms with E-state index in [2.05, 4.69) is 70.0 Å². The fourth-order valence-corrected chi connectivity index (χ4v) is 4.37. The molecule has 0 amide bonds. The number of nitrogens with zero attached hydrogens (tertiary/aromatic N) is 4. The lowest BCUT2D eigenvalue weighted by Crippen LogP contribution is -2.34. The Labute approximate surface area is 186 Å². The predicted octanol–water partition coefficient (Wildman–Crippen LogP) is 5.41. The molecule has 0 radical (unpaired) electrons. The Morgan fingerprint density at radius 1 is 1.10 bits per heavy atom. The molecule has 3 heterocycles. The van der Waals surface area contributed by atoms with Crippen LogP contribution in [0.1, 0.15) is 30.0 Å². The van der Waals surface area contributed by atoms with Crippen LogP contribution in [0.15, 0.2) is 66.2 Å². The van der Waals surface area contributed by atoms with Crippen LogP contribution < -0.4 is 10.2 Å². The highest BCUT2D eigenvalue weighted by atomic mass is 32.1. The molecule has 0 aliphatic carbocycles. The van der Waals surface area contributed by atoms with Crippen LogP contribution in [0.25, 0.3) is 17.0 Å². The number of benzene rings is 2. The van der Waals surface area contributed by atoms with Crippen molar-refractivity contribution in [3.05, 3.63) is 72.6 Å². The molecule has 1 saturated heterocycles. The van der Waals surface area contributed by atoms with Crippen molar-refractivity contribution in [1.29, 1.82) is 0 Å². The Morgan fingerprint density at radius 3 is 2.68 bits per heavy atom. The van der Waals surface area contributed by atoms with Crippen LogP contribution >= 0.6 is 12.6 Å². The van der Waals surface area contributed by atoms with E-state index in [-0.39, 0.29) is 0 Å². The molecule has 7 heteroatoms. The van der Waals surface area contributed by atoms with Crippen LogP contribution in [0.3, 0.4) is 0 Å². The average Bonchev–Trinajstić information content (AvgIpc) is 3.29. The fourth-order valence-electron chi connectivity index (χ4n) is 4.13. The van der Waals surface area contributed by atoms with Crippen LogP contribution in [0.4, 0.5) is 17.5 Å². The van der Waals surface area contributed by atoms with Crippen LogP contribution in [0.2, 0.25) is 0 Å². The second-order valence-corrected chi connectivity index (χ2v) is 8.23. The number of nitrogens with one attached hydrogen (secondary N) is 2. The summed E-state index contributed by atoms with van der Waals surface area (Å²) >= 11 is 4.66. The number of thiol groups is 1. The third kappa shape index (κ3) is 4.01. The minimum Gasteiger partial charge on any atom is -0.341 e. The fraction of sp³-hybridized carbons (Fsp3) is 0.208. The monoisotopic (exact) mass is 428 g/mol. The first-order chi connectivity index (χ1) is 15.2. The molecule has 31 heavy (non-hydrogen) atoms. The first-order valence-corrected chi connectivity index (χ1v) is 10.9. The molecule has 4 aromatic rings. The molecule has 1 fully saturated rings. The minimum atomic E-state index is 0.583. The van der Waals surface area contributed by atoms with Gasteiger partial charge >= 0.3 is 0 Å². The van der Waals surface area contributed by atoms with E-state index in [0.29, 0.717) is 22.6 Å². The number of aromatic amines is 1. The maximum atomic E-state index is 4.82. The van der Waals surface area contributed by atoms with Gasteiger partial charge in [-0.1, -0.05) is 36.9 Å². The van der Waals surface area contributed by atoms with Crippen LogP contribution in [0.5, 0.6) is 0 Å². The zero-order valence-corrected chi connectivity index (χ0v) is 18.0. The third-order valence-corrected chi connectivity index (χ3v) is 6.29. The molecular weight excluding hydrogens is 404 g/mol. The molecule has 0 bridgehead atoms. The van der Waals surface area contributed by atoms with E-state index in [1.807, 2.05) is 18.2 Å². The van der Waals surface area contributed by atoms with Gasteiger partial charge in [0.05, 0.1) is 22.3 Å². The first-order valence-electron chi connectivity index (χ1n) is 10.4. The molecule has 0 atom stereocenters. The number of H-pyrrole nitrogens is 1. The number of aromatic nitrogens is 4. The summed E-state index contributed by atoms with van der Waals surface area (Å²) in [6, 6.07) is 16.8. The minimum absolute atomic E-state index is 0.583. The van der Waals surface area contributed by atoms with Gasteiger partial charge in [-0.3, -0.25) is 5.10 Å². The Kier molecular flexibility index (Phi) is 5.34. The van der Waals surface area contributed by atoms with E-state index in [4.69, 9.17) is 9.97 Å². The van der Waals surface area contributed by atoms with Gasteiger partial charge in [0.1, 0.15) is 5.82 Å². The molecule has 6 nitrogen and oxygen atoms in total. The van der Waals surface area contributed by atoms with Crippen molar-refractivity contribution in [2.24, 2.45) is 0 Å². The summed E-state index contributed by atoms with van der Waals surface area (Å²) in [6.07, 6.45) is 5.70. The quantitative estimate of drug-likeness (QED) is 0.371. The lowest BCUT2D eigenvalue weighted by molar-refractivity contribution is 0.499. The molecule has 2 aromatic carbocycles. The summed E-state index contributed by atoms with van der Waals surface area (Å²) < 4.78 is 0. The number of rotatable bonds is 5. The van der Waals surface area contributed by atoms with Crippen molar-refractivity contribution in [1.82, 2.24) is 20.2 Å². The summed E-state index contributed by atoms with van der Waals surface area (Å²) in [6.45, 7) is 5.75. The maximum Gasteiger partial charge on any atom is 0.227 e. The normalized spacial score (nSPS) is 14.7. The Morgan fingerprint density at radius 2 is 1.90 bits per heavy atom. The van der Waals surface area contributed by atoms with Gasteiger partial charge in [0.15, 0.2) is 0 Å². The van der Waals surface area contributed by atoms with Gasteiger partial charge in [-0.05, 0) is 48.6 Å². The van der Waals surface area contributed by atoms with E-state index >= 15 is 0 Å². The second-order valence-electron chi connectivity index (χ2n) is 7.78. The zero-order valence-electron chi connectivity index (χ0n) is 17.1. The molecule has 0 saturated carbocycles. The number of fused-ring (bicyclic) bond motifs is 1. The van der Waals surface area contributed by atoms with Gasteiger partial charge < -0.3 is 10.2 Å². The number of anilines is 3. The largest absolute Gasteiger partial charge is 0.341 e. The van der Waals surface area contributed by atoms with Crippen molar-refractivity contribution < 1.29 is 0 Å². The number of hydrogen-bond acceptors (Lipinski definition) is 6. The van der Waals surface area contributed by atoms with Gasteiger partial charge in [-0.15, -0.1) is 12.6 Å². The highest BCUT2D eigenvalue weighted by Crippen LogP contribution is 2.32. The first kappa shape index (κ1) is 19.6. The van der Waals surface area contributed by atoms with Crippen LogP contribution in [-0.4, -0.2) is 33.3 Å². The van der Waals surface area contributed by atoms with E-state index in [1.165, 1.54) is 5.56 Å². The van der Waals surface area contributed by atoms with Crippen LogP contribution in [-0.2, 0) is 0 Å². The van der Waals surface area contributed by atoms with E-state index in [1.54, 1.807) is 12.3 Å². The summed E-state index contributed by atoms with van der Waals surface area (Å²) in [4.78, 5) is 12.5. The molecule has 0 spiro atoms. The standard InChI is InChI=1S/C24H24N6S/c1-2-20-22(31)23(26-19-8-9-21-18(14-19)15-25-29-21)28-24(27-20)30-12-10-17(11-13-30)16-6-4-3-5-7-16/h2-9,14-15,17,31H,1,10-13H2,(H,25,29)(H,26,27,28). The van der Waals surface area contributed by atoms with Gasteiger partial charge in [-0.2, -0.15) is 10.1 Å². The van der Waals surface area contributed by atoms with Crippen molar-refractivity contribution in [2.75, 3.05) is 23.3 Å². The second kappa shape index (κ2) is 8.43. The van der Waals surface area contributed by atoms with Crippen molar-refractivity contribution in [3.8, 4) is 0 Å². The van der Waals surface area contributed by atoms with Gasteiger partial charge in [-0.25, -0.2) is 4.98 Å². The molecule has 1 aliphatic rings. The van der Waals surface area contributed by atoms with E-state index in [0.717, 1.165) is 48.2 Å². The SMILES string of the molecule is C=Cc1nc(N2CCC(c3ccccc3)CC2)nc(Nc2ccc3[nH]ncc3c2)c1S. The average molecular weight is 429 g/mol. The molecule has 2 aromatic heterocycles. The van der Waals surface area contributed by atoms with E-state index in [9.17, 15) is 0 Å². The number of piperidine rings is 1. The van der Waals surface area contributed by atoms with Gasteiger partial charge in [0.2, 0.25) is 5.95 Å². The summed E-state index contributed by atoms with van der Waals surface area (Å²) in [5.74, 6) is 1.97. The highest BCUT2D eigenvalue weighted by Gasteiger charge is 2.23. The Hall–Kier alpha value is -3.32. The molecule has 2 N–H and O–H groups in total. The number of hydrogen-bond donors (Lipinski definition) is 3. The van der Waals surface area contributed by atoms with E-state index < -0.39 is 0 Å². The summed E-state index contributed by atoms with van der Waals surface area (Å²) in [5, 5.41) is 11.5. The van der Waals surface area contributed by atoms with Crippen molar-refractivity contribution in [3.63, 3.8) is 0 Å². The molecule has 156 valence electrons. The topological polar surface area (TPSA) is 69.7 Å². The maximum absolute atomic E-state index is 4.82. The summed E-state index contributed by atoms with van der Waals surface area (Å²) in [7, 11) is 0. The molecule has 1 aliphatic heterocycles. The van der Waals surface area contributed by atoms with Crippen molar-refractivity contribution in [2.45, 2.75) is 23.7 Å². The lowest BCUT2D eigenvalue weighted by Gasteiger charge is -2.32. The third-order valence-electron chi connectivity index (χ3n) is 5.84. The molecular formula is C24H24N6S. The summed E-state index contributed by atoms with van der Waals surface area (Å²) in [5.41, 5.74) is 4.06. The van der Waals surface area contributed by atoms with Gasteiger partial charge in [0, 0.05) is 24.2 Å². The molecule has 0 unspecified atom stereocenters. The van der Waals surface area contributed by atoms with Gasteiger partial charge in [0.25, 0.3) is 0 Å². The predicted molar refractivity (Wildman–Crippen MR) is 129 cm³/mol. The highest BCUT2D eigenvalue weighted by molar-refractivity contribution is 7.80. The smallest absolute Gasteiger partial charge is 0.227 e. The Balaban J connectivity index is 1.39. The molecule has 5 rings (SSSR count). The van der Waals surface area contributed by atoms with Crippen LogP contribution in [0, 0.1) is 0 Å². The zero-order chi connectivity index (χ0) is 21.2.